The van der Waals surface area contributed by atoms with Gasteiger partial charge in [-0.25, -0.2) is 0 Å². The summed E-state index contributed by atoms with van der Waals surface area (Å²) in [4.78, 5) is 25.9. The lowest BCUT2D eigenvalue weighted by molar-refractivity contribution is -0.132. The van der Waals surface area contributed by atoms with Gasteiger partial charge in [-0.3, -0.25) is 9.59 Å². The number of carbonyl (C=O) groups is 2. The number of rotatable bonds is 7. The summed E-state index contributed by atoms with van der Waals surface area (Å²) in [5.74, 6) is 0.0471. The van der Waals surface area contributed by atoms with Crippen molar-refractivity contribution in [2.24, 2.45) is 0 Å². The molecule has 0 saturated carbocycles. The standard InChI is InChI=1S/C15H23N3O2S/c1-4-8-17-13(19)9-18(3)14(20)10-21-12-7-5-6-11(2)15(12)16/h5-7H,4,8-10,16H2,1-3H3,(H,17,19). The Morgan fingerprint density at radius 1 is 1.38 bits per heavy atom. The van der Waals surface area contributed by atoms with Crippen molar-refractivity contribution in [3.05, 3.63) is 23.8 Å². The molecule has 0 saturated heterocycles. The van der Waals surface area contributed by atoms with Crippen molar-refractivity contribution in [3.8, 4) is 0 Å². The fraction of sp³-hybridized carbons (Fsp3) is 0.467. The summed E-state index contributed by atoms with van der Waals surface area (Å²) in [6.07, 6.45) is 0.881. The van der Waals surface area contributed by atoms with Crippen LogP contribution in [0.2, 0.25) is 0 Å². The molecular formula is C15H23N3O2S. The fourth-order valence-electron chi connectivity index (χ4n) is 1.65. The largest absolute Gasteiger partial charge is 0.398 e. The van der Waals surface area contributed by atoms with Crippen LogP contribution in [0.15, 0.2) is 23.1 Å². The third-order valence-electron chi connectivity index (χ3n) is 3.01. The van der Waals surface area contributed by atoms with E-state index in [0.717, 1.165) is 16.9 Å². The Hall–Kier alpha value is -1.69. The first-order chi connectivity index (χ1) is 9.95. The van der Waals surface area contributed by atoms with E-state index in [0.29, 0.717) is 12.2 Å². The maximum Gasteiger partial charge on any atom is 0.239 e. The van der Waals surface area contributed by atoms with Gasteiger partial charge in [0.15, 0.2) is 0 Å². The number of para-hydroxylation sites is 1. The average Bonchev–Trinajstić information content (AvgIpc) is 2.46. The van der Waals surface area contributed by atoms with Gasteiger partial charge in [-0.15, -0.1) is 11.8 Å². The smallest absolute Gasteiger partial charge is 0.239 e. The Morgan fingerprint density at radius 3 is 2.76 bits per heavy atom. The van der Waals surface area contributed by atoms with E-state index in [1.54, 1.807) is 7.05 Å². The van der Waals surface area contributed by atoms with Crippen LogP contribution in [-0.4, -0.2) is 42.6 Å². The molecule has 0 atom stereocenters. The van der Waals surface area contributed by atoms with Crippen molar-refractivity contribution in [1.29, 1.82) is 0 Å². The van der Waals surface area contributed by atoms with Crippen molar-refractivity contribution >= 4 is 29.3 Å². The van der Waals surface area contributed by atoms with E-state index in [4.69, 9.17) is 5.73 Å². The number of hydrogen-bond acceptors (Lipinski definition) is 4. The van der Waals surface area contributed by atoms with Crippen molar-refractivity contribution in [1.82, 2.24) is 10.2 Å². The number of nitrogens with one attached hydrogen (secondary N) is 1. The summed E-state index contributed by atoms with van der Waals surface area (Å²) in [6, 6.07) is 5.75. The van der Waals surface area contributed by atoms with Gasteiger partial charge in [0.2, 0.25) is 11.8 Å². The SMILES string of the molecule is CCCNC(=O)CN(C)C(=O)CSc1cccc(C)c1N. The van der Waals surface area contributed by atoms with E-state index in [9.17, 15) is 9.59 Å². The van der Waals surface area contributed by atoms with Crippen LogP contribution in [0.25, 0.3) is 0 Å². The Kier molecular flexibility index (Phi) is 7.08. The van der Waals surface area contributed by atoms with Crippen LogP contribution in [0.4, 0.5) is 5.69 Å². The number of nitrogens with two attached hydrogens (primary N) is 1. The molecular weight excluding hydrogens is 286 g/mol. The number of likely N-dealkylation sites (N-methyl/N-ethyl adjacent to an activating group) is 1. The van der Waals surface area contributed by atoms with Crippen molar-refractivity contribution in [2.45, 2.75) is 25.2 Å². The Labute approximate surface area is 130 Å². The maximum atomic E-state index is 12.0. The van der Waals surface area contributed by atoms with Gasteiger partial charge >= 0.3 is 0 Å². The molecule has 0 spiro atoms. The summed E-state index contributed by atoms with van der Waals surface area (Å²) >= 11 is 1.39. The molecule has 0 aliphatic rings. The number of aryl methyl sites for hydroxylation is 1. The topological polar surface area (TPSA) is 75.4 Å². The highest BCUT2D eigenvalue weighted by Gasteiger charge is 2.13. The summed E-state index contributed by atoms with van der Waals surface area (Å²) < 4.78 is 0. The van der Waals surface area contributed by atoms with E-state index < -0.39 is 0 Å². The molecule has 0 heterocycles. The first-order valence-electron chi connectivity index (χ1n) is 6.94. The molecule has 6 heteroatoms. The van der Waals surface area contributed by atoms with Crippen LogP contribution in [0.5, 0.6) is 0 Å². The third kappa shape index (κ3) is 5.67. The number of nitrogens with zero attached hydrogens (tertiary/aromatic N) is 1. The lowest BCUT2D eigenvalue weighted by atomic mass is 10.2. The zero-order valence-corrected chi connectivity index (χ0v) is 13.6. The highest BCUT2D eigenvalue weighted by Crippen LogP contribution is 2.27. The first-order valence-corrected chi connectivity index (χ1v) is 7.92. The summed E-state index contributed by atoms with van der Waals surface area (Å²) in [6.45, 7) is 4.64. The van der Waals surface area contributed by atoms with Gasteiger partial charge in [0, 0.05) is 24.2 Å². The molecule has 0 aliphatic carbocycles. The second-order valence-corrected chi connectivity index (χ2v) is 5.89. The predicted octanol–water partition coefficient (Wildman–Crippen LogP) is 1.65. The van der Waals surface area contributed by atoms with Crippen LogP contribution >= 0.6 is 11.8 Å². The second kappa shape index (κ2) is 8.56. The highest BCUT2D eigenvalue weighted by molar-refractivity contribution is 8.00. The summed E-state index contributed by atoms with van der Waals surface area (Å²) in [5.41, 5.74) is 7.68. The Morgan fingerprint density at radius 2 is 2.10 bits per heavy atom. The highest BCUT2D eigenvalue weighted by atomic mass is 32.2. The van der Waals surface area contributed by atoms with Crippen LogP contribution < -0.4 is 11.1 Å². The number of amides is 2. The van der Waals surface area contributed by atoms with Crippen LogP contribution in [-0.2, 0) is 9.59 Å². The molecule has 21 heavy (non-hydrogen) atoms. The Balaban J connectivity index is 2.46. The summed E-state index contributed by atoms with van der Waals surface area (Å²) in [7, 11) is 1.63. The molecule has 0 radical (unpaired) electrons. The predicted molar refractivity (Wildman–Crippen MR) is 87.3 cm³/mol. The van der Waals surface area contributed by atoms with Gasteiger partial charge in [-0.2, -0.15) is 0 Å². The van der Waals surface area contributed by atoms with Crippen molar-refractivity contribution in [2.75, 3.05) is 31.6 Å². The zero-order valence-electron chi connectivity index (χ0n) is 12.8. The van der Waals surface area contributed by atoms with Gasteiger partial charge in [-0.05, 0) is 25.0 Å². The number of nitrogen functional groups attached to an aromatic ring is 1. The maximum absolute atomic E-state index is 12.0. The van der Waals surface area contributed by atoms with Crippen molar-refractivity contribution in [3.63, 3.8) is 0 Å². The van der Waals surface area contributed by atoms with E-state index in [2.05, 4.69) is 5.32 Å². The van der Waals surface area contributed by atoms with E-state index >= 15 is 0 Å². The van der Waals surface area contributed by atoms with Crippen molar-refractivity contribution < 1.29 is 9.59 Å². The zero-order chi connectivity index (χ0) is 15.8. The minimum absolute atomic E-state index is 0.0860. The van der Waals surface area contributed by atoms with Gasteiger partial charge < -0.3 is 16.0 Å². The Bertz CT molecular complexity index is 506. The first kappa shape index (κ1) is 17.4. The molecule has 0 bridgehead atoms. The molecule has 0 aliphatic heterocycles. The molecule has 3 N–H and O–H groups in total. The number of anilines is 1. The molecule has 0 aromatic heterocycles. The second-order valence-electron chi connectivity index (χ2n) is 4.88. The quantitative estimate of drug-likeness (QED) is 0.593. The van der Waals surface area contributed by atoms with Crippen LogP contribution in [0.3, 0.4) is 0 Å². The molecule has 1 aromatic rings. The molecule has 0 unspecified atom stereocenters. The fourth-order valence-corrected chi connectivity index (χ4v) is 2.64. The minimum atomic E-state index is -0.132. The number of benzene rings is 1. The minimum Gasteiger partial charge on any atom is -0.398 e. The monoisotopic (exact) mass is 309 g/mol. The van der Waals surface area contributed by atoms with Gasteiger partial charge in [0.05, 0.1) is 12.3 Å². The lowest BCUT2D eigenvalue weighted by Gasteiger charge is -2.17. The summed E-state index contributed by atoms with van der Waals surface area (Å²) in [5, 5.41) is 2.75. The molecule has 5 nitrogen and oxygen atoms in total. The van der Waals surface area contributed by atoms with Gasteiger partial charge in [0.1, 0.15) is 0 Å². The van der Waals surface area contributed by atoms with E-state index in [-0.39, 0.29) is 24.1 Å². The molecule has 1 rings (SSSR count). The van der Waals surface area contributed by atoms with E-state index in [1.807, 2.05) is 32.0 Å². The van der Waals surface area contributed by atoms with E-state index in [1.165, 1.54) is 16.7 Å². The average molecular weight is 309 g/mol. The lowest BCUT2D eigenvalue weighted by Crippen LogP contribution is -2.39. The van der Waals surface area contributed by atoms with Crippen LogP contribution in [0, 0.1) is 6.92 Å². The molecule has 1 aromatic carbocycles. The van der Waals surface area contributed by atoms with Gasteiger partial charge in [0.25, 0.3) is 0 Å². The third-order valence-corrected chi connectivity index (χ3v) is 4.07. The van der Waals surface area contributed by atoms with Crippen LogP contribution in [0.1, 0.15) is 18.9 Å². The molecule has 0 fully saturated rings. The normalized spacial score (nSPS) is 10.2. The number of carbonyl (C=O) groups excluding carboxylic acids is 2. The molecule has 2 amide bonds. The number of hydrogen-bond donors (Lipinski definition) is 2. The number of thioether (sulfide) groups is 1. The van der Waals surface area contributed by atoms with Gasteiger partial charge in [-0.1, -0.05) is 19.1 Å². The molecule has 116 valence electrons.